The highest BCUT2D eigenvalue weighted by Crippen LogP contribution is 2.41. The Bertz CT molecular complexity index is 1260. The predicted molar refractivity (Wildman–Crippen MR) is 133 cm³/mol. The van der Waals surface area contributed by atoms with Crippen LogP contribution in [-0.4, -0.2) is 61.2 Å². The Hall–Kier alpha value is -3.10. The number of carbonyl (C=O) groups is 1. The van der Waals surface area contributed by atoms with Crippen LogP contribution in [0.5, 0.6) is 0 Å². The van der Waals surface area contributed by atoms with Gasteiger partial charge in [0.2, 0.25) is 5.91 Å². The van der Waals surface area contributed by atoms with Crippen molar-refractivity contribution in [1.82, 2.24) is 29.2 Å². The van der Waals surface area contributed by atoms with Crippen LogP contribution in [0.3, 0.4) is 0 Å². The maximum absolute atomic E-state index is 12.8. The maximum Gasteiger partial charge on any atom is 0.228 e. The monoisotopic (exact) mass is 472 g/mol. The van der Waals surface area contributed by atoms with E-state index >= 15 is 0 Å². The lowest BCUT2D eigenvalue weighted by Crippen LogP contribution is -2.60. The van der Waals surface area contributed by atoms with E-state index in [9.17, 15) is 4.79 Å². The van der Waals surface area contributed by atoms with Gasteiger partial charge in [-0.15, -0.1) is 11.3 Å². The maximum atomic E-state index is 12.8. The van der Waals surface area contributed by atoms with Gasteiger partial charge in [-0.3, -0.25) is 14.1 Å². The molecule has 7 nitrogen and oxygen atoms in total. The van der Waals surface area contributed by atoms with E-state index in [-0.39, 0.29) is 5.91 Å². The first-order valence-corrected chi connectivity index (χ1v) is 12.7. The minimum atomic E-state index is 0.205. The Labute approximate surface area is 203 Å². The van der Waals surface area contributed by atoms with Crippen molar-refractivity contribution in [3.05, 3.63) is 71.3 Å². The minimum absolute atomic E-state index is 0.205. The molecule has 1 aromatic carbocycles. The number of hydrogen-bond donors (Lipinski definition) is 0. The third-order valence-electron chi connectivity index (χ3n) is 7.13. The van der Waals surface area contributed by atoms with Gasteiger partial charge < -0.3 is 4.90 Å². The standard InChI is InChI=1S/C26H28N6OS/c1-19-14-32-16-22(29-25(32)34-19)13-23(33)31-11-7-26(8-12-31)17-30(18-26)15-20-3-5-21(6-4-20)24-27-9-2-10-28-24/h2-6,9-10,14,16H,7-8,11-13,15,17-18H2,1H3. The molecule has 1 spiro atoms. The van der Waals surface area contributed by atoms with E-state index in [1.54, 1.807) is 23.7 Å². The summed E-state index contributed by atoms with van der Waals surface area (Å²) in [5, 5.41) is 0. The number of aromatic nitrogens is 4. The number of amides is 1. The zero-order valence-electron chi connectivity index (χ0n) is 19.4. The number of fused-ring (bicyclic) bond motifs is 1. The minimum Gasteiger partial charge on any atom is -0.342 e. The van der Waals surface area contributed by atoms with E-state index in [1.807, 2.05) is 21.6 Å². The van der Waals surface area contributed by atoms with Crippen molar-refractivity contribution in [1.29, 1.82) is 0 Å². The molecule has 0 unspecified atom stereocenters. The molecule has 2 aliphatic heterocycles. The summed E-state index contributed by atoms with van der Waals surface area (Å²) in [4.78, 5) is 32.9. The number of likely N-dealkylation sites (tertiary alicyclic amines) is 2. The van der Waals surface area contributed by atoms with E-state index in [1.165, 1.54) is 10.4 Å². The molecular formula is C26H28N6OS. The van der Waals surface area contributed by atoms with E-state index in [2.05, 4.69) is 57.2 Å². The smallest absolute Gasteiger partial charge is 0.228 e. The van der Waals surface area contributed by atoms with Crippen LogP contribution in [0.4, 0.5) is 0 Å². The van der Waals surface area contributed by atoms with Gasteiger partial charge in [-0.05, 0) is 36.8 Å². The molecule has 0 N–H and O–H groups in total. The SMILES string of the molecule is Cc1cn2cc(CC(=O)N3CCC4(CC3)CN(Cc3ccc(-c5ncccn5)cc3)C4)nc2s1. The van der Waals surface area contributed by atoms with Gasteiger partial charge in [-0.25, -0.2) is 15.0 Å². The molecule has 5 heterocycles. The quantitative estimate of drug-likeness (QED) is 0.442. The molecule has 34 heavy (non-hydrogen) atoms. The van der Waals surface area contributed by atoms with Crippen molar-refractivity contribution in [2.75, 3.05) is 26.2 Å². The largest absolute Gasteiger partial charge is 0.342 e. The number of aryl methyl sites for hydroxylation is 1. The van der Waals surface area contributed by atoms with Crippen molar-refractivity contribution in [2.45, 2.75) is 32.7 Å². The fraction of sp³-hybridized carbons (Fsp3) is 0.385. The fourth-order valence-electron chi connectivity index (χ4n) is 5.34. The van der Waals surface area contributed by atoms with Gasteiger partial charge in [0.05, 0.1) is 12.1 Å². The Morgan fingerprint density at radius 1 is 1.06 bits per heavy atom. The Balaban J connectivity index is 0.982. The molecule has 0 atom stereocenters. The molecule has 0 bridgehead atoms. The highest BCUT2D eigenvalue weighted by Gasteiger charge is 2.45. The number of carbonyl (C=O) groups excluding carboxylic acids is 1. The first-order chi connectivity index (χ1) is 16.6. The number of imidazole rings is 1. The number of hydrogen-bond acceptors (Lipinski definition) is 6. The Morgan fingerprint density at radius 2 is 1.79 bits per heavy atom. The summed E-state index contributed by atoms with van der Waals surface area (Å²) in [7, 11) is 0. The van der Waals surface area contributed by atoms with E-state index in [0.29, 0.717) is 11.8 Å². The topological polar surface area (TPSA) is 66.6 Å². The summed E-state index contributed by atoms with van der Waals surface area (Å²) in [6.07, 6.45) is 10.2. The molecule has 0 saturated carbocycles. The summed E-state index contributed by atoms with van der Waals surface area (Å²) in [6, 6.07) is 10.4. The fourth-order valence-corrected chi connectivity index (χ4v) is 6.17. The predicted octanol–water partition coefficient (Wildman–Crippen LogP) is 3.83. The summed E-state index contributed by atoms with van der Waals surface area (Å²) in [5.41, 5.74) is 3.61. The van der Waals surface area contributed by atoms with E-state index in [4.69, 9.17) is 0 Å². The van der Waals surface area contributed by atoms with Crippen molar-refractivity contribution in [3.8, 4) is 11.4 Å². The summed E-state index contributed by atoms with van der Waals surface area (Å²) < 4.78 is 2.03. The van der Waals surface area contributed by atoms with E-state index in [0.717, 1.165) is 67.6 Å². The molecule has 6 rings (SSSR count). The third-order valence-corrected chi connectivity index (χ3v) is 8.04. The molecule has 1 amide bonds. The molecule has 3 aromatic heterocycles. The van der Waals surface area contributed by atoms with Gasteiger partial charge >= 0.3 is 0 Å². The molecule has 2 fully saturated rings. The number of piperidine rings is 1. The molecule has 0 radical (unpaired) electrons. The van der Waals surface area contributed by atoms with Crippen LogP contribution < -0.4 is 0 Å². The van der Waals surface area contributed by atoms with Crippen LogP contribution in [0.15, 0.2) is 55.1 Å². The average molecular weight is 473 g/mol. The van der Waals surface area contributed by atoms with Gasteiger partial charge in [0.1, 0.15) is 0 Å². The second-order valence-electron chi connectivity index (χ2n) is 9.74. The van der Waals surface area contributed by atoms with Crippen molar-refractivity contribution < 1.29 is 4.79 Å². The van der Waals surface area contributed by atoms with Crippen LogP contribution >= 0.6 is 11.3 Å². The normalized spacial score (nSPS) is 17.9. The molecule has 8 heteroatoms. The van der Waals surface area contributed by atoms with Gasteiger partial charge in [0.25, 0.3) is 0 Å². The second-order valence-corrected chi connectivity index (χ2v) is 10.9. The highest BCUT2D eigenvalue weighted by molar-refractivity contribution is 7.16. The van der Waals surface area contributed by atoms with Gasteiger partial charge in [-0.2, -0.15) is 0 Å². The van der Waals surface area contributed by atoms with Gasteiger partial charge in [0, 0.05) is 68.0 Å². The zero-order valence-corrected chi connectivity index (χ0v) is 20.2. The van der Waals surface area contributed by atoms with Crippen LogP contribution in [0, 0.1) is 12.3 Å². The van der Waals surface area contributed by atoms with Gasteiger partial charge in [0.15, 0.2) is 10.8 Å². The molecule has 2 saturated heterocycles. The Kier molecular flexibility index (Phi) is 5.42. The number of thiazole rings is 1. The van der Waals surface area contributed by atoms with E-state index < -0.39 is 0 Å². The highest BCUT2D eigenvalue weighted by atomic mass is 32.1. The summed E-state index contributed by atoms with van der Waals surface area (Å²) in [6.45, 7) is 7.01. The molecule has 174 valence electrons. The average Bonchev–Trinajstić information content (AvgIpc) is 3.36. The molecule has 0 aliphatic carbocycles. The lowest BCUT2D eigenvalue weighted by molar-refractivity contribution is -0.135. The second kappa shape index (κ2) is 8.60. The lowest BCUT2D eigenvalue weighted by atomic mass is 9.72. The van der Waals surface area contributed by atoms with Gasteiger partial charge in [-0.1, -0.05) is 24.3 Å². The van der Waals surface area contributed by atoms with Crippen molar-refractivity contribution in [3.63, 3.8) is 0 Å². The van der Waals surface area contributed by atoms with Crippen LogP contribution in [-0.2, 0) is 17.8 Å². The van der Waals surface area contributed by atoms with Crippen LogP contribution in [0.2, 0.25) is 0 Å². The van der Waals surface area contributed by atoms with Crippen molar-refractivity contribution in [2.24, 2.45) is 5.41 Å². The summed E-state index contributed by atoms with van der Waals surface area (Å²) in [5.74, 6) is 0.970. The van der Waals surface area contributed by atoms with Crippen molar-refractivity contribution >= 4 is 22.2 Å². The number of nitrogens with zero attached hydrogens (tertiary/aromatic N) is 6. The molecule has 4 aromatic rings. The first-order valence-electron chi connectivity index (χ1n) is 11.9. The molecule has 2 aliphatic rings. The lowest BCUT2D eigenvalue weighted by Gasteiger charge is -2.54. The summed E-state index contributed by atoms with van der Waals surface area (Å²) >= 11 is 1.66. The van der Waals surface area contributed by atoms with Crippen LogP contribution in [0.25, 0.3) is 16.3 Å². The number of rotatable bonds is 5. The zero-order chi connectivity index (χ0) is 23.1. The number of benzene rings is 1. The molecular weight excluding hydrogens is 444 g/mol. The van der Waals surface area contributed by atoms with Crippen LogP contribution in [0.1, 0.15) is 29.0 Å². The first kappa shape index (κ1) is 21.4. The Morgan fingerprint density at radius 3 is 2.50 bits per heavy atom. The third kappa shape index (κ3) is 4.23.